The number of amides is 4. The summed E-state index contributed by atoms with van der Waals surface area (Å²) in [6.07, 6.45) is 0.576. The molecular weight excluding hydrogens is 408 g/mol. The average Bonchev–Trinajstić information content (AvgIpc) is 3.23. The lowest BCUT2D eigenvalue weighted by molar-refractivity contribution is -0.161. The minimum absolute atomic E-state index is 0.269. The van der Waals surface area contributed by atoms with Crippen molar-refractivity contribution in [1.82, 2.24) is 20.7 Å². The molecule has 0 saturated carbocycles. The number of hydrazine groups is 1. The van der Waals surface area contributed by atoms with Crippen molar-refractivity contribution in [2.24, 2.45) is 0 Å². The van der Waals surface area contributed by atoms with Gasteiger partial charge < -0.3 is 15.3 Å². The van der Waals surface area contributed by atoms with Crippen LogP contribution in [0.3, 0.4) is 0 Å². The normalized spacial score (nSPS) is 25.9. The first kappa shape index (κ1) is 20.1. The van der Waals surface area contributed by atoms with Crippen LogP contribution < -0.4 is 10.7 Å². The number of carboxylic acid groups (broad SMARTS) is 1. The third-order valence-corrected chi connectivity index (χ3v) is 7.12. The zero-order chi connectivity index (χ0) is 20.6. The predicted molar refractivity (Wildman–Crippen MR) is 99.8 cm³/mol. The van der Waals surface area contributed by atoms with Crippen LogP contribution in [-0.2, 0) is 24.0 Å². The Hall–Kier alpha value is -2.60. The Bertz CT molecular complexity index is 814. The van der Waals surface area contributed by atoms with Gasteiger partial charge in [0.05, 0.1) is 0 Å². The average molecular weight is 426 g/mol. The quantitative estimate of drug-likeness (QED) is 0.291. The molecule has 10 nitrogen and oxygen atoms in total. The molecule has 0 aromatic carbocycles. The Morgan fingerprint density at radius 2 is 2.11 bits per heavy atom. The molecule has 0 radical (unpaired) electrons. The number of thiophene rings is 1. The van der Waals surface area contributed by atoms with Gasteiger partial charge >= 0.3 is 5.97 Å². The molecular formula is C16H18N4O6S2. The maximum absolute atomic E-state index is 12.9. The van der Waals surface area contributed by atoms with Gasteiger partial charge in [-0.15, -0.1) is 23.1 Å². The molecule has 1 unspecified atom stereocenters. The van der Waals surface area contributed by atoms with Gasteiger partial charge in [0.25, 0.3) is 5.91 Å². The van der Waals surface area contributed by atoms with E-state index in [0.717, 1.165) is 5.01 Å². The first-order valence-electron chi connectivity index (χ1n) is 8.23. The fourth-order valence-corrected chi connectivity index (χ4v) is 5.89. The molecule has 1 aromatic heterocycles. The van der Waals surface area contributed by atoms with Crippen molar-refractivity contribution in [2.45, 2.75) is 42.1 Å². The number of aliphatic carboxylic acids is 1. The summed E-state index contributed by atoms with van der Waals surface area (Å²) in [4.78, 5) is 60.8. The third-order valence-electron chi connectivity index (χ3n) is 4.63. The topological polar surface area (TPSA) is 136 Å². The Kier molecular flexibility index (Phi) is 5.35. The number of nitrogens with zero attached hydrogens (tertiary/aromatic N) is 2. The van der Waals surface area contributed by atoms with E-state index in [1.54, 1.807) is 31.4 Å². The van der Waals surface area contributed by atoms with Crippen molar-refractivity contribution < 1.29 is 29.1 Å². The van der Waals surface area contributed by atoms with E-state index in [9.17, 15) is 29.1 Å². The number of fused-ring (bicyclic) bond motifs is 1. The van der Waals surface area contributed by atoms with E-state index in [0.29, 0.717) is 11.3 Å². The second-order valence-corrected chi connectivity index (χ2v) is 9.51. The largest absolute Gasteiger partial charge is 0.480 e. The van der Waals surface area contributed by atoms with Crippen molar-refractivity contribution >= 4 is 53.7 Å². The van der Waals surface area contributed by atoms with Gasteiger partial charge in [0.1, 0.15) is 17.5 Å². The van der Waals surface area contributed by atoms with Crippen molar-refractivity contribution in [1.29, 1.82) is 0 Å². The van der Waals surface area contributed by atoms with Crippen LogP contribution in [-0.4, -0.2) is 67.8 Å². The first-order valence-corrected chi connectivity index (χ1v) is 9.99. The molecule has 3 heterocycles. The van der Waals surface area contributed by atoms with Crippen LogP contribution in [0.1, 0.15) is 24.8 Å². The number of carbonyl (C=O) groups excluding carboxylic acids is 4. The van der Waals surface area contributed by atoms with Crippen LogP contribution in [0.2, 0.25) is 0 Å². The lowest BCUT2D eigenvalue weighted by Gasteiger charge is -2.44. The Morgan fingerprint density at radius 3 is 2.64 bits per heavy atom. The minimum atomic E-state index is -1.15. The van der Waals surface area contributed by atoms with Gasteiger partial charge in [-0.3, -0.25) is 24.6 Å². The summed E-state index contributed by atoms with van der Waals surface area (Å²) in [5.74, 6) is -2.24. The Morgan fingerprint density at radius 1 is 1.39 bits per heavy atom. The van der Waals surface area contributed by atoms with Crippen LogP contribution in [0.25, 0.3) is 0 Å². The van der Waals surface area contributed by atoms with Crippen molar-refractivity contribution in [3.05, 3.63) is 22.4 Å². The maximum atomic E-state index is 12.9. The zero-order valence-corrected chi connectivity index (χ0v) is 16.5. The molecule has 12 heteroatoms. The van der Waals surface area contributed by atoms with Gasteiger partial charge in [0.15, 0.2) is 6.04 Å². The van der Waals surface area contributed by atoms with Crippen molar-refractivity contribution in [3.63, 3.8) is 0 Å². The van der Waals surface area contributed by atoms with Gasteiger partial charge in [0, 0.05) is 9.62 Å². The smallest absolute Gasteiger partial charge is 0.327 e. The SMILES string of the molecule is CC1(C)S[C@@H]2[C@@H](NC(=O)C(c3cccs3)N(C=O)NC=O)C(=O)N2[C@H]1C(=O)O. The summed E-state index contributed by atoms with van der Waals surface area (Å²) in [5.41, 5.74) is 2.16. The molecule has 3 rings (SSSR count). The van der Waals surface area contributed by atoms with Crippen molar-refractivity contribution in [3.8, 4) is 0 Å². The molecule has 0 bridgehead atoms. The van der Waals surface area contributed by atoms with Crippen LogP contribution >= 0.6 is 23.1 Å². The number of rotatable bonds is 8. The van der Waals surface area contributed by atoms with Gasteiger partial charge in [-0.05, 0) is 25.3 Å². The molecule has 1 aromatic rings. The summed E-state index contributed by atoms with van der Waals surface area (Å²) in [7, 11) is 0. The standard InChI is InChI=1S/C16H18N4O6S2/c1-16(2)11(15(25)26)20-13(24)9(14(20)28-16)18-12(23)10(8-4-3-5-27-8)19(7-22)17-6-21/h3-7,9-11,14H,1-2H3,(H,17,21)(H,18,23)(H,25,26)/t9-,10?,11-,14+/m0/s1. The van der Waals surface area contributed by atoms with Gasteiger partial charge in [-0.1, -0.05) is 6.07 Å². The minimum Gasteiger partial charge on any atom is -0.480 e. The Balaban J connectivity index is 1.80. The highest BCUT2D eigenvalue weighted by atomic mass is 32.2. The second kappa shape index (κ2) is 7.43. The van der Waals surface area contributed by atoms with E-state index in [1.807, 2.05) is 0 Å². The molecule has 2 saturated heterocycles. The number of carbonyl (C=O) groups is 5. The first-order chi connectivity index (χ1) is 13.2. The number of carboxylic acids is 1. The van der Waals surface area contributed by atoms with E-state index in [2.05, 4.69) is 10.7 Å². The highest BCUT2D eigenvalue weighted by Gasteiger charge is 2.64. The van der Waals surface area contributed by atoms with Gasteiger partial charge in [-0.2, -0.15) is 0 Å². The Labute approximate surface area is 168 Å². The van der Waals surface area contributed by atoms with Gasteiger partial charge in [-0.25, -0.2) is 9.80 Å². The van der Waals surface area contributed by atoms with Crippen LogP contribution in [0.5, 0.6) is 0 Å². The third kappa shape index (κ3) is 3.22. The molecule has 28 heavy (non-hydrogen) atoms. The molecule has 2 fully saturated rings. The lowest BCUT2D eigenvalue weighted by Crippen LogP contribution is -2.71. The molecule has 2 aliphatic rings. The van der Waals surface area contributed by atoms with Crippen molar-refractivity contribution in [2.75, 3.05) is 0 Å². The van der Waals surface area contributed by atoms with E-state index in [-0.39, 0.29) is 6.41 Å². The molecule has 4 atom stereocenters. The number of nitrogens with one attached hydrogen (secondary N) is 2. The monoisotopic (exact) mass is 426 g/mol. The van der Waals surface area contributed by atoms with Crippen LogP contribution in [0, 0.1) is 0 Å². The molecule has 2 aliphatic heterocycles. The van der Waals surface area contributed by atoms with E-state index < -0.39 is 46.0 Å². The highest BCUT2D eigenvalue weighted by Crippen LogP contribution is 2.50. The van der Waals surface area contributed by atoms with Crippen LogP contribution in [0.4, 0.5) is 0 Å². The predicted octanol–water partition coefficient (Wildman–Crippen LogP) is -0.460. The fraction of sp³-hybridized carbons (Fsp3) is 0.438. The summed E-state index contributed by atoms with van der Waals surface area (Å²) >= 11 is 2.51. The molecule has 0 spiro atoms. The second-order valence-electron chi connectivity index (χ2n) is 6.76. The van der Waals surface area contributed by atoms with Crippen LogP contribution in [0.15, 0.2) is 17.5 Å². The highest BCUT2D eigenvalue weighted by molar-refractivity contribution is 8.01. The summed E-state index contributed by atoms with van der Waals surface area (Å²) in [6, 6.07) is 0.264. The van der Waals surface area contributed by atoms with Gasteiger partial charge in [0.2, 0.25) is 18.7 Å². The molecule has 0 aliphatic carbocycles. The number of hydrogen-bond donors (Lipinski definition) is 3. The number of hydrogen-bond acceptors (Lipinski definition) is 7. The molecule has 3 N–H and O–H groups in total. The maximum Gasteiger partial charge on any atom is 0.327 e. The molecule has 4 amide bonds. The number of β-lactam (4-membered cyclic amide) rings is 1. The summed E-state index contributed by atoms with van der Waals surface area (Å²) in [6.45, 7) is 3.47. The fourth-order valence-electron chi connectivity index (χ4n) is 3.44. The zero-order valence-electron chi connectivity index (χ0n) is 14.9. The lowest BCUT2D eigenvalue weighted by atomic mass is 9.96. The number of thioether (sulfide) groups is 1. The summed E-state index contributed by atoms with van der Waals surface area (Å²) < 4.78 is -0.716. The summed E-state index contributed by atoms with van der Waals surface area (Å²) in [5, 5.41) is 14.1. The van der Waals surface area contributed by atoms with E-state index >= 15 is 0 Å². The van der Waals surface area contributed by atoms with E-state index in [1.165, 1.54) is 28.0 Å². The van der Waals surface area contributed by atoms with E-state index in [4.69, 9.17) is 0 Å². The molecule has 150 valence electrons.